The highest BCUT2D eigenvalue weighted by Crippen LogP contribution is 2.22. The van der Waals surface area contributed by atoms with Crippen molar-refractivity contribution in [3.63, 3.8) is 0 Å². The van der Waals surface area contributed by atoms with E-state index in [1.165, 1.54) is 23.5 Å². The Morgan fingerprint density at radius 2 is 1.67 bits per heavy atom. The van der Waals surface area contributed by atoms with Crippen LogP contribution in [-0.2, 0) is 23.1 Å². The largest absolute Gasteiger partial charge is 0.348 e. The first-order valence-electron chi connectivity index (χ1n) is 10.4. The van der Waals surface area contributed by atoms with Gasteiger partial charge in [0.25, 0.3) is 15.9 Å². The van der Waals surface area contributed by atoms with Crippen molar-refractivity contribution in [2.45, 2.75) is 18.0 Å². The molecule has 7 nitrogen and oxygen atoms in total. The summed E-state index contributed by atoms with van der Waals surface area (Å²) in [5.74, 6) is -0.338. The quantitative estimate of drug-likeness (QED) is 0.435. The third-order valence-electron chi connectivity index (χ3n) is 5.25. The smallest absolute Gasteiger partial charge is 0.264 e. The molecule has 1 heterocycles. The zero-order valence-electron chi connectivity index (χ0n) is 18.1. The zero-order valence-corrected chi connectivity index (χ0v) is 18.9. The molecule has 0 atom stereocenters. The van der Waals surface area contributed by atoms with Crippen LogP contribution in [0.5, 0.6) is 0 Å². The summed E-state index contributed by atoms with van der Waals surface area (Å²) in [6, 6.07) is 24.6. The summed E-state index contributed by atoms with van der Waals surface area (Å²) < 4.78 is 29.1. The van der Waals surface area contributed by atoms with Crippen molar-refractivity contribution in [3.05, 3.63) is 114 Å². The number of amides is 1. The lowest BCUT2D eigenvalue weighted by molar-refractivity contribution is 0.0950. The van der Waals surface area contributed by atoms with Gasteiger partial charge in [0, 0.05) is 31.5 Å². The molecule has 1 N–H and O–H groups in total. The van der Waals surface area contributed by atoms with Crippen molar-refractivity contribution in [1.29, 1.82) is 0 Å². The molecule has 0 saturated carbocycles. The number of carbonyl (C=O) groups excluding carboxylic acids is 1. The normalized spacial score (nSPS) is 11.2. The van der Waals surface area contributed by atoms with Gasteiger partial charge in [-0.1, -0.05) is 48.5 Å². The molecule has 8 heteroatoms. The molecule has 0 spiro atoms. The van der Waals surface area contributed by atoms with E-state index in [4.69, 9.17) is 0 Å². The number of rotatable bonds is 8. The van der Waals surface area contributed by atoms with Gasteiger partial charge in [-0.2, -0.15) is 5.10 Å². The van der Waals surface area contributed by atoms with E-state index in [-0.39, 0.29) is 16.4 Å². The molecule has 4 aromatic rings. The lowest BCUT2D eigenvalue weighted by Gasteiger charge is -2.19. The molecule has 33 heavy (non-hydrogen) atoms. The first kappa shape index (κ1) is 22.3. The maximum Gasteiger partial charge on any atom is 0.264 e. The van der Waals surface area contributed by atoms with Crippen LogP contribution in [0.15, 0.2) is 102 Å². The Bertz CT molecular complexity index is 1320. The van der Waals surface area contributed by atoms with E-state index in [1.54, 1.807) is 42.6 Å². The lowest BCUT2D eigenvalue weighted by Crippen LogP contribution is -2.27. The fraction of sp³-hybridized carbons (Fsp3) is 0.120. The summed E-state index contributed by atoms with van der Waals surface area (Å²) in [6.07, 6.45) is 3.64. The third kappa shape index (κ3) is 5.30. The molecular formula is C25H24N4O3S. The number of nitrogens with zero attached hydrogens (tertiary/aromatic N) is 3. The molecule has 3 aromatic carbocycles. The molecular weight excluding hydrogens is 436 g/mol. The van der Waals surface area contributed by atoms with Crippen molar-refractivity contribution >= 4 is 21.6 Å². The van der Waals surface area contributed by atoms with Gasteiger partial charge in [0.05, 0.1) is 17.1 Å². The Kier molecular flexibility index (Phi) is 6.55. The number of anilines is 1. The summed E-state index contributed by atoms with van der Waals surface area (Å²) in [4.78, 5) is 12.7. The summed E-state index contributed by atoms with van der Waals surface area (Å²) in [5, 5.41) is 7.05. The number of sulfonamides is 1. The van der Waals surface area contributed by atoms with Crippen LogP contribution >= 0.6 is 0 Å². The molecule has 0 aliphatic carbocycles. The second kappa shape index (κ2) is 9.70. The number of hydrogen-bond acceptors (Lipinski definition) is 4. The molecule has 0 radical (unpaired) electrons. The van der Waals surface area contributed by atoms with Crippen LogP contribution in [0.4, 0.5) is 5.69 Å². The Hall–Kier alpha value is -3.91. The number of aromatic nitrogens is 2. The SMILES string of the molecule is CN(c1ccccc1)S(=O)(=O)c1cccc(C(=O)NCc2ccc(Cn3cccn3)cc2)c1. The molecule has 0 fully saturated rings. The predicted molar refractivity (Wildman–Crippen MR) is 127 cm³/mol. The maximum atomic E-state index is 13.0. The minimum atomic E-state index is -3.80. The third-order valence-corrected chi connectivity index (χ3v) is 7.04. The number of para-hydroxylation sites is 1. The molecule has 0 aliphatic rings. The van der Waals surface area contributed by atoms with Gasteiger partial charge in [0.15, 0.2) is 0 Å². The van der Waals surface area contributed by atoms with Gasteiger partial charge in [-0.05, 0) is 47.5 Å². The average Bonchev–Trinajstić information content (AvgIpc) is 3.36. The molecule has 1 aromatic heterocycles. The van der Waals surface area contributed by atoms with E-state index in [2.05, 4.69) is 10.4 Å². The van der Waals surface area contributed by atoms with E-state index >= 15 is 0 Å². The van der Waals surface area contributed by atoms with Crippen molar-refractivity contribution in [2.24, 2.45) is 0 Å². The molecule has 0 unspecified atom stereocenters. The highest BCUT2D eigenvalue weighted by atomic mass is 32.2. The second-order valence-corrected chi connectivity index (χ2v) is 9.51. The molecule has 1 amide bonds. The van der Waals surface area contributed by atoms with Crippen molar-refractivity contribution in [1.82, 2.24) is 15.1 Å². The maximum absolute atomic E-state index is 13.0. The number of hydrogen-bond donors (Lipinski definition) is 1. The molecule has 0 saturated heterocycles. The fourth-order valence-electron chi connectivity index (χ4n) is 3.36. The van der Waals surface area contributed by atoms with Gasteiger partial charge in [0.2, 0.25) is 0 Å². The highest BCUT2D eigenvalue weighted by molar-refractivity contribution is 7.92. The van der Waals surface area contributed by atoms with Gasteiger partial charge in [-0.15, -0.1) is 0 Å². The second-order valence-electron chi connectivity index (χ2n) is 7.54. The van der Waals surface area contributed by atoms with Crippen molar-refractivity contribution in [2.75, 3.05) is 11.4 Å². The monoisotopic (exact) mass is 460 g/mol. The Morgan fingerprint density at radius 3 is 2.36 bits per heavy atom. The van der Waals surface area contributed by atoms with Crippen molar-refractivity contribution in [3.8, 4) is 0 Å². The van der Waals surface area contributed by atoms with Gasteiger partial charge < -0.3 is 5.32 Å². The Balaban J connectivity index is 1.41. The Morgan fingerprint density at radius 1 is 0.939 bits per heavy atom. The van der Waals surface area contributed by atoms with Crippen LogP contribution in [0.2, 0.25) is 0 Å². The molecule has 0 aliphatic heterocycles. The molecule has 0 bridgehead atoms. The van der Waals surface area contributed by atoms with Crippen LogP contribution in [0, 0.1) is 0 Å². The number of nitrogens with one attached hydrogen (secondary N) is 1. The summed E-state index contributed by atoms with van der Waals surface area (Å²) in [6.45, 7) is 1.01. The molecule has 168 valence electrons. The van der Waals surface area contributed by atoms with Gasteiger partial charge in [-0.25, -0.2) is 8.42 Å². The molecule has 4 rings (SSSR count). The highest BCUT2D eigenvalue weighted by Gasteiger charge is 2.22. The van der Waals surface area contributed by atoms with Crippen LogP contribution in [0.1, 0.15) is 21.5 Å². The summed E-state index contributed by atoms with van der Waals surface area (Å²) in [5.41, 5.74) is 2.88. The standard InChI is InChI=1S/C25H24N4O3S/c1-28(23-8-3-2-4-9-23)33(31,32)24-10-5-7-22(17-24)25(30)26-18-20-11-13-21(14-12-20)19-29-16-6-15-27-29/h2-17H,18-19H2,1H3,(H,26,30). The topological polar surface area (TPSA) is 84.3 Å². The van der Waals surface area contributed by atoms with E-state index in [0.29, 0.717) is 18.8 Å². The average molecular weight is 461 g/mol. The Labute approximate surface area is 193 Å². The first-order valence-corrected chi connectivity index (χ1v) is 11.8. The van der Waals surface area contributed by atoms with Crippen LogP contribution < -0.4 is 9.62 Å². The fourth-order valence-corrected chi connectivity index (χ4v) is 4.60. The van der Waals surface area contributed by atoms with Gasteiger partial charge >= 0.3 is 0 Å². The van der Waals surface area contributed by atoms with Gasteiger partial charge in [0.1, 0.15) is 0 Å². The number of benzene rings is 3. The summed E-state index contributed by atoms with van der Waals surface area (Å²) >= 11 is 0. The minimum Gasteiger partial charge on any atom is -0.348 e. The summed E-state index contributed by atoms with van der Waals surface area (Å²) in [7, 11) is -2.30. The lowest BCUT2D eigenvalue weighted by atomic mass is 10.1. The predicted octanol–water partition coefficient (Wildman–Crippen LogP) is 3.69. The van der Waals surface area contributed by atoms with Gasteiger partial charge in [-0.3, -0.25) is 13.8 Å². The van der Waals surface area contributed by atoms with Crippen molar-refractivity contribution < 1.29 is 13.2 Å². The number of carbonyl (C=O) groups is 1. The van der Waals surface area contributed by atoms with Crippen LogP contribution in [0.25, 0.3) is 0 Å². The van der Waals surface area contributed by atoms with Crippen LogP contribution in [-0.4, -0.2) is 31.2 Å². The van der Waals surface area contributed by atoms with E-state index in [9.17, 15) is 13.2 Å². The first-order chi connectivity index (χ1) is 15.9. The zero-order chi connectivity index (χ0) is 23.3. The van der Waals surface area contributed by atoms with Crippen LogP contribution in [0.3, 0.4) is 0 Å². The minimum absolute atomic E-state index is 0.0597. The van der Waals surface area contributed by atoms with E-state index in [1.807, 2.05) is 47.3 Å². The van der Waals surface area contributed by atoms with E-state index < -0.39 is 10.0 Å². The van der Waals surface area contributed by atoms with E-state index in [0.717, 1.165) is 11.1 Å².